The zero-order chi connectivity index (χ0) is 19.6. The lowest BCUT2D eigenvalue weighted by atomic mass is 10.1. The highest BCUT2D eigenvalue weighted by molar-refractivity contribution is 6.30. The zero-order valence-corrected chi connectivity index (χ0v) is 15.7. The van der Waals surface area contributed by atoms with Crippen molar-refractivity contribution in [1.82, 2.24) is 10.9 Å². The molecule has 0 aliphatic carbocycles. The molecule has 7 heteroatoms. The number of hydrogen-bond acceptors (Lipinski definition) is 4. The van der Waals surface area contributed by atoms with E-state index in [0.29, 0.717) is 28.5 Å². The predicted molar refractivity (Wildman–Crippen MR) is 103 cm³/mol. The number of ether oxygens (including phenoxy) is 1. The fraction of sp³-hybridized carbons (Fsp3) is 0.250. The van der Waals surface area contributed by atoms with Crippen LogP contribution in [0, 0.1) is 0 Å². The van der Waals surface area contributed by atoms with Gasteiger partial charge in [0.25, 0.3) is 5.91 Å². The highest BCUT2D eigenvalue weighted by Gasteiger charge is 2.11. The number of Topliss-reactive ketones (excluding diaryl/α,β-unsaturated/α-hetero) is 1. The van der Waals surface area contributed by atoms with E-state index in [4.69, 9.17) is 16.3 Å². The monoisotopic (exact) mass is 388 g/mol. The number of hydrazine groups is 1. The van der Waals surface area contributed by atoms with E-state index < -0.39 is 11.8 Å². The van der Waals surface area contributed by atoms with E-state index in [9.17, 15) is 14.4 Å². The first-order valence-corrected chi connectivity index (χ1v) is 8.98. The molecule has 2 aromatic rings. The van der Waals surface area contributed by atoms with Gasteiger partial charge in [-0.1, -0.05) is 18.5 Å². The third-order valence-corrected chi connectivity index (χ3v) is 3.90. The molecule has 0 fully saturated rings. The number of ketones is 1. The van der Waals surface area contributed by atoms with Crippen LogP contribution < -0.4 is 15.6 Å². The minimum absolute atomic E-state index is 0.0339. The molecule has 0 saturated heterocycles. The van der Waals surface area contributed by atoms with Crippen LogP contribution >= 0.6 is 11.6 Å². The van der Waals surface area contributed by atoms with Crippen LogP contribution in [0.2, 0.25) is 5.02 Å². The van der Waals surface area contributed by atoms with Gasteiger partial charge in [0, 0.05) is 29.0 Å². The molecule has 0 aliphatic rings. The summed E-state index contributed by atoms with van der Waals surface area (Å²) in [6, 6.07) is 13.1. The number of carbonyl (C=O) groups excluding carboxylic acids is 3. The lowest BCUT2D eigenvalue weighted by molar-refractivity contribution is -0.121. The van der Waals surface area contributed by atoms with Gasteiger partial charge >= 0.3 is 0 Å². The van der Waals surface area contributed by atoms with Gasteiger partial charge in [0.15, 0.2) is 5.78 Å². The van der Waals surface area contributed by atoms with Crippen molar-refractivity contribution >= 4 is 29.2 Å². The molecule has 0 aromatic heterocycles. The van der Waals surface area contributed by atoms with Crippen molar-refractivity contribution in [3.05, 3.63) is 64.7 Å². The third kappa shape index (κ3) is 6.75. The van der Waals surface area contributed by atoms with Crippen molar-refractivity contribution in [2.45, 2.75) is 26.2 Å². The molecule has 2 rings (SSSR count). The van der Waals surface area contributed by atoms with Crippen LogP contribution in [0.1, 0.15) is 46.9 Å². The zero-order valence-electron chi connectivity index (χ0n) is 15.0. The number of nitrogens with one attached hydrogen (secondary N) is 2. The molecule has 0 radical (unpaired) electrons. The molecule has 2 N–H and O–H groups in total. The Hall–Kier alpha value is -2.86. The van der Waals surface area contributed by atoms with Crippen molar-refractivity contribution in [2.24, 2.45) is 0 Å². The highest BCUT2D eigenvalue weighted by atomic mass is 35.5. The van der Waals surface area contributed by atoms with Gasteiger partial charge in [0.2, 0.25) is 5.91 Å². The molecule has 27 heavy (non-hydrogen) atoms. The Kier molecular flexibility index (Phi) is 7.82. The van der Waals surface area contributed by atoms with Crippen LogP contribution in [0.25, 0.3) is 0 Å². The number of amides is 2. The smallest absolute Gasteiger partial charge is 0.269 e. The molecule has 0 bridgehead atoms. The van der Waals surface area contributed by atoms with E-state index >= 15 is 0 Å². The summed E-state index contributed by atoms with van der Waals surface area (Å²) in [7, 11) is 0. The number of rotatable bonds is 8. The van der Waals surface area contributed by atoms with Gasteiger partial charge in [-0.05, 0) is 55.0 Å². The number of benzene rings is 2. The maximum atomic E-state index is 12.1. The Morgan fingerprint density at radius 2 is 1.52 bits per heavy atom. The summed E-state index contributed by atoms with van der Waals surface area (Å²) in [6.45, 7) is 2.63. The largest absolute Gasteiger partial charge is 0.494 e. The van der Waals surface area contributed by atoms with E-state index in [-0.39, 0.29) is 18.6 Å². The highest BCUT2D eigenvalue weighted by Crippen LogP contribution is 2.14. The molecule has 0 aliphatic heterocycles. The standard InChI is InChI=1S/C20H21ClN2O4/c1-2-13-27-17-9-5-14(6-10-17)18(24)11-12-19(25)22-23-20(26)15-3-7-16(21)8-4-15/h3-10H,2,11-13H2,1H3,(H,22,25)(H,23,26). The molecular weight excluding hydrogens is 368 g/mol. The molecule has 0 spiro atoms. The molecule has 142 valence electrons. The van der Waals surface area contributed by atoms with Gasteiger partial charge in [-0.2, -0.15) is 0 Å². The molecule has 0 saturated carbocycles. The fourth-order valence-corrected chi connectivity index (χ4v) is 2.32. The van der Waals surface area contributed by atoms with Crippen LogP contribution in [0.3, 0.4) is 0 Å². The molecular formula is C20H21ClN2O4. The summed E-state index contributed by atoms with van der Waals surface area (Å²) in [6.07, 6.45) is 0.913. The number of carbonyl (C=O) groups is 3. The lowest BCUT2D eigenvalue weighted by Gasteiger charge is -2.08. The molecule has 0 heterocycles. The van der Waals surface area contributed by atoms with Crippen molar-refractivity contribution in [1.29, 1.82) is 0 Å². The van der Waals surface area contributed by atoms with E-state index in [0.717, 1.165) is 6.42 Å². The molecule has 0 atom stereocenters. The minimum atomic E-state index is -0.464. The summed E-state index contributed by atoms with van der Waals surface area (Å²) in [5, 5.41) is 0.513. The number of hydrogen-bond donors (Lipinski definition) is 2. The molecule has 2 amide bonds. The SMILES string of the molecule is CCCOc1ccc(C(=O)CCC(=O)NNC(=O)c2ccc(Cl)cc2)cc1. The van der Waals surface area contributed by atoms with Gasteiger partial charge in [-0.15, -0.1) is 0 Å². The third-order valence-electron chi connectivity index (χ3n) is 3.65. The average molecular weight is 389 g/mol. The van der Waals surface area contributed by atoms with Crippen LogP contribution in [0.5, 0.6) is 5.75 Å². The first-order chi connectivity index (χ1) is 13.0. The Balaban J connectivity index is 1.75. The fourth-order valence-electron chi connectivity index (χ4n) is 2.19. The Bertz CT molecular complexity index is 789. The van der Waals surface area contributed by atoms with Gasteiger partial charge in [-0.3, -0.25) is 25.2 Å². The van der Waals surface area contributed by atoms with Crippen LogP contribution in [-0.4, -0.2) is 24.2 Å². The first-order valence-electron chi connectivity index (χ1n) is 8.60. The van der Waals surface area contributed by atoms with E-state index in [2.05, 4.69) is 10.9 Å². The van der Waals surface area contributed by atoms with Crippen molar-refractivity contribution in [3.63, 3.8) is 0 Å². The Morgan fingerprint density at radius 1 is 0.889 bits per heavy atom. The van der Waals surface area contributed by atoms with Crippen LogP contribution in [0.15, 0.2) is 48.5 Å². The van der Waals surface area contributed by atoms with Crippen molar-refractivity contribution in [3.8, 4) is 5.75 Å². The van der Waals surface area contributed by atoms with Crippen LogP contribution in [0.4, 0.5) is 0 Å². The summed E-state index contributed by atoms with van der Waals surface area (Å²) < 4.78 is 5.46. The van der Waals surface area contributed by atoms with Gasteiger partial charge in [0.05, 0.1) is 6.61 Å². The quantitative estimate of drug-likeness (QED) is 0.535. The summed E-state index contributed by atoms with van der Waals surface area (Å²) >= 11 is 5.76. The van der Waals surface area contributed by atoms with Crippen molar-refractivity contribution in [2.75, 3.05) is 6.61 Å². The second kappa shape index (κ2) is 10.3. The predicted octanol–water partition coefficient (Wildman–Crippen LogP) is 3.55. The maximum absolute atomic E-state index is 12.1. The average Bonchev–Trinajstić information content (AvgIpc) is 2.69. The van der Waals surface area contributed by atoms with Crippen LogP contribution in [-0.2, 0) is 4.79 Å². The van der Waals surface area contributed by atoms with Crippen molar-refractivity contribution < 1.29 is 19.1 Å². The van der Waals surface area contributed by atoms with Gasteiger partial charge < -0.3 is 4.74 Å². The lowest BCUT2D eigenvalue weighted by Crippen LogP contribution is -2.41. The topological polar surface area (TPSA) is 84.5 Å². The summed E-state index contributed by atoms with van der Waals surface area (Å²) in [5.74, 6) is -0.366. The van der Waals surface area contributed by atoms with E-state index in [1.165, 1.54) is 0 Å². The summed E-state index contributed by atoms with van der Waals surface area (Å²) in [4.78, 5) is 35.8. The Labute approximate surface area is 162 Å². The van der Waals surface area contributed by atoms with Gasteiger partial charge in [-0.25, -0.2) is 0 Å². The number of halogens is 1. The first kappa shape index (κ1) is 20.5. The second-order valence-corrected chi connectivity index (χ2v) is 6.24. The normalized spacial score (nSPS) is 10.1. The minimum Gasteiger partial charge on any atom is -0.494 e. The Morgan fingerprint density at radius 3 is 2.15 bits per heavy atom. The molecule has 6 nitrogen and oxygen atoms in total. The van der Waals surface area contributed by atoms with E-state index in [1.54, 1.807) is 48.5 Å². The maximum Gasteiger partial charge on any atom is 0.269 e. The molecule has 2 aromatic carbocycles. The van der Waals surface area contributed by atoms with E-state index in [1.807, 2.05) is 6.92 Å². The second-order valence-electron chi connectivity index (χ2n) is 5.81. The molecule has 0 unspecified atom stereocenters. The summed E-state index contributed by atoms with van der Waals surface area (Å²) in [5.41, 5.74) is 5.46. The van der Waals surface area contributed by atoms with Gasteiger partial charge in [0.1, 0.15) is 5.75 Å².